The first kappa shape index (κ1) is 14.6. The first-order valence-electron chi connectivity index (χ1n) is 7.75. The SMILES string of the molecule is CCC(NC(c1cccs1)C1CC1)c1ccc(OC)cc1. The number of ether oxygens (including phenoxy) is 1. The maximum atomic E-state index is 5.25. The van der Waals surface area contributed by atoms with Gasteiger partial charge in [-0.2, -0.15) is 0 Å². The van der Waals surface area contributed by atoms with Gasteiger partial charge in [-0.3, -0.25) is 0 Å². The normalized spacial score (nSPS) is 17.4. The Balaban J connectivity index is 1.75. The third-order valence-electron chi connectivity index (χ3n) is 4.25. The maximum absolute atomic E-state index is 5.25. The summed E-state index contributed by atoms with van der Waals surface area (Å²) in [7, 11) is 1.71. The Hall–Kier alpha value is -1.32. The van der Waals surface area contributed by atoms with Crippen LogP contribution >= 0.6 is 11.3 Å². The zero-order valence-corrected chi connectivity index (χ0v) is 13.5. The minimum Gasteiger partial charge on any atom is -0.497 e. The molecule has 0 spiro atoms. The molecule has 3 rings (SSSR count). The molecule has 21 heavy (non-hydrogen) atoms. The molecule has 1 fully saturated rings. The third-order valence-corrected chi connectivity index (χ3v) is 5.21. The average Bonchev–Trinajstić information content (AvgIpc) is 3.23. The van der Waals surface area contributed by atoms with Crippen LogP contribution < -0.4 is 10.1 Å². The molecule has 0 amide bonds. The first-order chi connectivity index (χ1) is 10.3. The zero-order chi connectivity index (χ0) is 14.7. The van der Waals surface area contributed by atoms with Gasteiger partial charge in [-0.05, 0) is 54.3 Å². The van der Waals surface area contributed by atoms with Crippen LogP contribution in [0.1, 0.15) is 48.7 Å². The van der Waals surface area contributed by atoms with E-state index in [1.807, 2.05) is 11.3 Å². The lowest BCUT2D eigenvalue weighted by Crippen LogP contribution is -2.27. The minimum atomic E-state index is 0.406. The molecule has 2 atom stereocenters. The molecular formula is C18H23NOS. The average molecular weight is 301 g/mol. The van der Waals surface area contributed by atoms with Crippen molar-refractivity contribution in [3.8, 4) is 5.75 Å². The molecule has 1 heterocycles. The van der Waals surface area contributed by atoms with Crippen LogP contribution in [0.25, 0.3) is 0 Å². The first-order valence-corrected chi connectivity index (χ1v) is 8.63. The van der Waals surface area contributed by atoms with Crippen molar-refractivity contribution in [3.63, 3.8) is 0 Å². The van der Waals surface area contributed by atoms with E-state index >= 15 is 0 Å². The van der Waals surface area contributed by atoms with Crippen LogP contribution in [0.5, 0.6) is 5.75 Å². The summed E-state index contributed by atoms with van der Waals surface area (Å²) in [6, 6.07) is 13.8. The summed E-state index contributed by atoms with van der Waals surface area (Å²) in [4.78, 5) is 1.48. The standard InChI is InChI=1S/C18H23NOS/c1-3-16(13-8-10-15(20-2)11-9-13)19-18(14-6-7-14)17-5-4-12-21-17/h4-5,8-12,14,16,18-19H,3,6-7H2,1-2H3. The second-order valence-corrected chi connectivity index (χ2v) is 6.71. The smallest absolute Gasteiger partial charge is 0.118 e. The fraction of sp³-hybridized carbons (Fsp3) is 0.444. The molecule has 1 aliphatic rings. The van der Waals surface area contributed by atoms with Crippen molar-refractivity contribution >= 4 is 11.3 Å². The van der Waals surface area contributed by atoms with Crippen LogP contribution in [0.15, 0.2) is 41.8 Å². The van der Waals surface area contributed by atoms with Crippen molar-refractivity contribution in [3.05, 3.63) is 52.2 Å². The second kappa shape index (κ2) is 6.63. The number of benzene rings is 1. The molecule has 1 aromatic heterocycles. The van der Waals surface area contributed by atoms with E-state index < -0.39 is 0 Å². The number of nitrogens with one attached hydrogen (secondary N) is 1. The summed E-state index contributed by atoms with van der Waals surface area (Å²) in [5.41, 5.74) is 1.35. The van der Waals surface area contributed by atoms with Gasteiger partial charge >= 0.3 is 0 Å². The highest BCUT2D eigenvalue weighted by molar-refractivity contribution is 7.10. The van der Waals surface area contributed by atoms with Crippen molar-refractivity contribution in [1.29, 1.82) is 0 Å². The summed E-state index contributed by atoms with van der Waals surface area (Å²) in [5.74, 6) is 1.74. The predicted molar refractivity (Wildman–Crippen MR) is 88.9 cm³/mol. The zero-order valence-electron chi connectivity index (χ0n) is 12.7. The predicted octanol–water partition coefficient (Wildman–Crippen LogP) is 4.95. The number of hydrogen-bond acceptors (Lipinski definition) is 3. The Morgan fingerprint density at radius 3 is 2.52 bits per heavy atom. The molecule has 1 N–H and O–H groups in total. The highest BCUT2D eigenvalue weighted by Crippen LogP contribution is 2.43. The fourth-order valence-electron chi connectivity index (χ4n) is 2.85. The van der Waals surface area contributed by atoms with Gasteiger partial charge in [0, 0.05) is 17.0 Å². The molecule has 2 aromatic rings. The summed E-state index contributed by atoms with van der Waals surface area (Å²) in [6.45, 7) is 2.25. The van der Waals surface area contributed by atoms with Crippen molar-refractivity contribution in [2.24, 2.45) is 5.92 Å². The number of thiophene rings is 1. The van der Waals surface area contributed by atoms with Gasteiger partial charge in [-0.15, -0.1) is 11.3 Å². The molecule has 0 saturated heterocycles. The second-order valence-electron chi connectivity index (χ2n) is 5.73. The van der Waals surface area contributed by atoms with E-state index in [2.05, 4.69) is 54.0 Å². The Morgan fingerprint density at radius 1 is 1.24 bits per heavy atom. The van der Waals surface area contributed by atoms with E-state index in [0.29, 0.717) is 12.1 Å². The lowest BCUT2D eigenvalue weighted by molar-refractivity contribution is 0.403. The van der Waals surface area contributed by atoms with Crippen LogP contribution in [0, 0.1) is 5.92 Å². The summed E-state index contributed by atoms with van der Waals surface area (Å²) < 4.78 is 5.25. The highest BCUT2D eigenvalue weighted by atomic mass is 32.1. The quantitative estimate of drug-likeness (QED) is 0.781. The summed E-state index contributed by atoms with van der Waals surface area (Å²) in [5, 5.41) is 6.07. The lowest BCUT2D eigenvalue weighted by atomic mass is 10.0. The molecule has 2 unspecified atom stereocenters. The van der Waals surface area contributed by atoms with Gasteiger partial charge in [0.15, 0.2) is 0 Å². The molecule has 2 nitrogen and oxygen atoms in total. The fourth-order valence-corrected chi connectivity index (χ4v) is 3.73. The number of rotatable bonds is 7. The van der Waals surface area contributed by atoms with E-state index in [1.54, 1.807) is 7.11 Å². The molecular weight excluding hydrogens is 278 g/mol. The molecule has 3 heteroatoms. The Labute approximate surface area is 131 Å². The third kappa shape index (κ3) is 3.47. The largest absolute Gasteiger partial charge is 0.497 e. The van der Waals surface area contributed by atoms with Crippen LogP contribution in [0.3, 0.4) is 0 Å². The van der Waals surface area contributed by atoms with Crippen molar-refractivity contribution in [2.75, 3.05) is 7.11 Å². The molecule has 1 saturated carbocycles. The van der Waals surface area contributed by atoms with Crippen molar-refractivity contribution < 1.29 is 4.74 Å². The number of methoxy groups -OCH3 is 1. The van der Waals surface area contributed by atoms with Gasteiger partial charge in [0.05, 0.1) is 7.11 Å². The van der Waals surface area contributed by atoms with E-state index in [0.717, 1.165) is 18.1 Å². The molecule has 112 valence electrons. The van der Waals surface area contributed by atoms with Gasteiger partial charge in [0.2, 0.25) is 0 Å². The van der Waals surface area contributed by atoms with Crippen LogP contribution in [0.4, 0.5) is 0 Å². The maximum Gasteiger partial charge on any atom is 0.118 e. The summed E-state index contributed by atoms with van der Waals surface area (Å²) >= 11 is 1.87. The molecule has 0 bridgehead atoms. The topological polar surface area (TPSA) is 21.3 Å². The monoisotopic (exact) mass is 301 g/mol. The van der Waals surface area contributed by atoms with E-state index in [4.69, 9.17) is 4.74 Å². The number of hydrogen-bond donors (Lipinski definition) is 1. The highest BCUT2D eigenvalue weighted by Gasteiger charge is 2.34. The lowest BCUT2D eigenvalue weighted by Gasteiger charge is -2.25. The van der Waals surface area contributed by atoms with Crippen LogP contribution in [-0.4, -0.2) is 7.11 Å². The molecule has 0 aliphatic heterocycles. The van der Waals surface area contributed by atoms with E-state index in [-0.39, 0.29) is 0 Å². The van der Waals surface area contributed by atoms with Gasteiger partial charge in [-0.25, -0.2) is 0 Å². The van der Waals surface area contributed by atoms with Gasteiger partial charge in [0.1, 0.15) is 5.75 Å². The Morgan fingerprint density at radius 2 is 2.00 bits per heavy atom. The van der Waals surface area contributed by atoms with Crippen LogP contribution in [0.2, 0.25) is 0 Å². The molecule has 0 radical (unpaired) electrons. The van der Waals surface area contributed by atoms with Crippen molar-refractivity contribution in [2.45, 2.75) is 38.3 Å². The van der Waals surface area contributed by atoms with E-state index in [1.165, 1.54) is 23.3 Å². The van der Waals surface area contributed by atoms with Gasteiger partial charge in [-0.1, -0.05) is 25.1 Å². The molecule has 1 aromatic carbocycles. The van der Waals surface area contributed by atoms with Gasteiger partial charge < -0.3 is 10.1 Å². The minimum absolute atomic E-state index is 0.406. The molecule has 1 aliphatic carbocycles. The van der Waals surface area contributed by atoms with E-state index in [9.17, 15) is 0 Å². The van der Waals surface area contributed by atoms with Crippen LogP contribution in [-0.2, 0) is 0 Å². The van der Waals surface area contributed by atoms with Gasteiger partial charge in [0.25, 0.3) is 0 Å². The Kier molecular flexibility index (Phi) is 4.61. The Bertz CT molecular complexity index is 545. The van der Waals surface area contributed by atoms with Crippen molar-refractivity contribution in [1.82, 2.24) is 5.32 Å². The summed E-state index contributed by atoms with van der Waals surface area (Å²) in [6.07, 6.45) is 3.81.